The van der Waals surface area contributed by atoms with E-state index >= 15 is 0 Å². The van der Waals surface area contributed by atoms with Crippen molar-refractivity contribution in [1.82, 2.24) is 14.8 Å². The van der Waals surface area contributed by atoms with Crippen molar-refractivity contribution in [3.8, 4) is 22.1 Å². The van der Waals surface area contributed by atoms with Gasteiger partial charge in [-0.05, 0) is 18.2 Å². The van der Waals surface area contributed by atoms with Crippen molar-refractivity contribution < 1.29 is 28.2 Å². The van der Waals surface area contributed by atoms with Crippen molar-refractivity contribution in [3.63, 3.8) is 0 Å². The first-order valence-corrected chi connectivity index (χ1v) is 7.29. The van der Waals surface area contributed by atoms with Gasteiger partial charge in [-0.1, -0.05) is 12.1 Å². The highest BCUT2D eigenvalue weighted by molar-refractivity contribution is 7.12. The molecule has 10 heteroatoms. The van der Waals surface area contributed by atoms with Gasteiger partial charge in [-0.2, -0.15) is 18.3 Å². The Bertz CT molecular complexity index is 917. The number of alkyl halides is 3. The summed E-state index contributed by atoms with van der Waals surface area (Å²) < 4.78 is 40.3. The lowest BCUT2D eigenvalue weighted by atomic mass is 10.1. The van der Waals surface area contributed by atoms with Gasteiger partial charge in [0.25, 0.3) is 0 Å². The normalized spacial score (nSPS) is 11.6. The summed E-state index contributed by atoms with van der Waals surface area (Å²) in [5.41, 5.74) is -1.19. The maximum Gasteiger partial charge on any atom is 0.433 e. The van der Waals surface area contributed by atoms with E-state index in [1.54, 1.807) is 0 Å². The van der Waals surface area contributed by atoms with Crippen LogP contribution in [0.1, 0.15) is 16.2 Å². The van der Waals surface area contributed by atoms with Crippen LogP contribution in [0.3, 0.4) is 0 Å². The van der Waals surface area contributed by atoms with Crippen LogP contribution < -0.4 is 0 Å². The number of thiazole rings is 1. The van der Waals surface area contributed by atoms with Crippen LogP contribution >= 0.6 is 11.3 Å². The van der Waals surface area contributed by atoms with E-state index in [4.69, 9.17) is 5.11 Å². The molecule has 24 heavy (non-hydrogen) atoms. The number of aromatic nitrogens is 3. The number of carboxylic acid groups (broad SMARTS) is 1. The quantitative estimate of drug-likeness (QED) is 0.752. The number of benzene rings is 1. The van der Waals surface area contributed by atoms with Gasteiger partial charge in [0.05, 0.1) is 5.69 Å². The zero-order chi connectivity index (χ0) is 17.5. The minimum atomic E-state index is -4.71. The number of carbonyl (C=O) groups is 1. The van der Waals surface area contributed by atoms with E-state index in [9.17, 15) is 23.1 Å². The largest absolute Gasteiger partial charge is 0.508 e. The van der Waals surface area contributed by atoms with Crippen LogP contribution in [0.2, 0.25) is 0 Å². The fourth-order valence-corrected chi connectivity index (χ4v) is 2.76. The van der Waals surface area contributed by atoms with Gasteiger partial charge in [0, 0.05) is 10.9 Å². The van der Waals surface area contributed by atoms with Gasteiger partial charge in [-0.15, -0.1) is 11.3 Å². The second kappa shape index (κ2) is 5.64. The molecule has 0 bridgehead atoms. The van der Waals surface area contributed by atoms with E-state index in [-0.39, 0.29) is 27.8 Å². The Kier molecular flexibility index (Phi) is 3.76. The minimum Gasteiger partial charge on any atom is -0.508 e. The maximum atomic E-state index is 13.3. The van der Waals surface area contributed by atoms with Crippen LogP contribution in [-0.2, 0) is 6.18 Å². The Morgan fingerprint density at radius 1 is 1.25 bits per heavy atom. The van der Waals surface area contributed by atoms with Gasteiger partial charge in [0.1, 0.15) is 5.75 Å². The first kappa shape index (κ1) is 16.0. The molecule has 0 atom stereocenters. The van der Waals surface area contributed by atoms with Crippen LogP contribution in [0.15, 0.2) is 35.7 Å². The average Bonchev–Trinajstić information content (AvgIpc) is 3.13. The average molecular weight is 355 g/mol. The summed E-state index contributed by atoms with van der Waals surface area (Å²) in [6.07, 6.45) is -4.71. The number of hydrogen-bond acceptors (Lipinski definition) is 5. The van der Waals surface area contributed by atoms with Gasteiger partial charge >= 0.3 is 12.1 Å². The summed E-state index contributed by atoms with van der Waals surface area (Å²) in [5, 5.41) is 23.1. The molecule has 0 saturated carbocycles. The molecule has 2 N–H and O–H groups in total. The molecule has 2 aromatic heterocycles. The Labute approximate surface area is 136 Å². The van der Waals surface area contributed by atoms with Crippen LogP contribution in [-0.4, -0.2) is 30.9 Å². The van der Waals surface area contributed by atoms with E-state index in [1.165, 1.54) is 24.3 Å². The monoisotopic (exact) mass is 355 g/mol. The zero-order valence-electron chi connectivity index (χ0n) is 11.7. The molecule has 0 amide bonds. The molecule has 0 fully saturated rings. The molecule has 0 aliphatic heterocycles. The highest BCUT2D eigenvalue weighted by Gasteiger charge is 2.37. The van der Waals surface area contributed by atoms with Crippen molar-refractivity contribution in [1.29, 1.82) is 0 Å². The van der Waals surface area contributed by atoms with Crippen molar-refractivity contribution in [2.75, 3.05) is 0 Å². The lowest BCUT2D eigenvalue weighted by Gasteiger charge is -2.06. The number of aromatic carboxylic acids is 1. The number of nitrogens with zero attached hydrogens (tertiary/aromatic N) is 3. The first-order valence-electron chi connectivity index (χ1n) is 6.41. The summed E-state index contributed by atoms with van der Waals surface area (Å²) in [5.74, 6) is -1.45. The Morgan fingerprint density at radius 3 is 2.58 bits per heavy atom. The first-order chi connectivity index (χ1) is 11.3. The second-order valence-electron chi connectivity index (χ2n) is 4.70. The maximum absolute atomic E-state index is 13.3. The number of aromatic hydroxyl groups is 1. The van der Waals surface area contributed by atoms with E-state index in [1.807, 2.05) is 0 Å². The third-order valence-corrected chi connectivity index (χ3v) is 3.85. The molecule has 6 nitrogen and oxygen atoms in total. The Hall–Kier alpha value is -2.88. The topological polar surface area (TPSA) is 88.2 Å². The SMILES string of the molecule is O=C(O)c1csc(-n2nc(-c3cccc(O)c3)cc2C(F)(F)F)n1. The minimum absolute atomic E-state index is 0.0229. The summed E-state index contributed by atoms with van der Waals surface area (Å²) in [4.78, 5) is 14.5. The molecular weight excluding hydrogens is 347 g/mol. The van der Waals surface area contributed by atoms with E-state index in [0.29, 0.717) is 4.68 Å². The lowest BCUT2D eigenvalue weighted by Crippen LogP contribution is -2.13. The fraction of sp³-hybridized carbons (Fsp3) is 0.0714. The molecule has 0 unspecified atom stereocenters. The van der Waals surface area contributed by atoms with Crippen LogP contribution in [0.4, 0.5) is 13.2 Å². The third-order valence-electron chi connectivity index (χ3n) is 3.03. The Balaban J connectivity index is 2.15. The van der Waals surface area contributed by atoms with Crippen LogP contribution in [0, 0.1) is 0 Å². The molecule has 2 heterocycles. The van der Waals surface area contributed by atoms with Gasteiger partial charge in [0.15, 0.2) is 11.4 Å². The van der Waals surface area contributed by atoms with Crippen molar-refractivity contribution in [2.24, 2.45) is 0 Å². The van der Waals surface area contributed by atoms with E-state index in [2.05, 4.69) is 10.1 Å². The molecule has 0 aliphatic rings. The molecule has 1 aromatic carbocycles. The summed E-state index contributed by atoms with van der Waals surface area (Å²) in [7, 11) is 0. The summed E-state index contributed by atoms with van der Waals surface area (Å²) in [6.45, 7) is 0. The molecule has 124 valence electrons. The standard InChI is InChI=1S/C14H8F3N3O3S/c15-14(16,17)11-5-9(7-2-1-3-8(21)4-7)19-20(11)13-18-10(6-24-13)12(22)23/h1-6,21H,(H,22,23). The molecule has 3 aromatic rings. The summed E-state index contributed by atoms with van der Waals surface area (Å²) in [6, 6.07) is 6.44. The second-order valence-corrected chi connectivity index (χ2v) is 5.53. The number of phenolic OH excluding ortho intramolecular Hbond substituents is 1. The van der Waals surface area contributed by atoms with Crippen molar-refractivity contribution in [3.05, 3.63) is 47.1 Å². The zero-order valence-corrected chi connectivity index (χ0v) is 12.5. The molecule has 0 aliphatic carbocycles. The van der Waals surface area contributed by atoms with Gasteiger partial charge < -0.3 is 10.2 Å². The summed E-state index contributed by atoms with van der Waals surface area (Å²) >= 11 is 0.732. The van der Waals surface area contributed by atoms with E-state index < -0.39 is 17.8 Å². The number of rotatable bonds is 3. The lowest BCUT2D eigenvalue weighted by molar-refractivity contribution is -0.142. The molecule has 0 saturated heterocycles. The molecule has 0 spiro atoms. The predicted octanol–water partition coefficient (Wildman–Crippen LogP) is 3.42. The van der Waals surface area contributed by atoms with Crippen molar-refractivity contribution >= 4 is 17.3 Å². The smallest absolute Gasteiger partial charge is 0.433 e. The number of hydrogen-bond donors (Lipinski definition) is 2. The number of phenols is 1. The van der Waals surface area contributed by atoms with Crippen molar-refractivity contribution in [2.45, 2.75) is 6.18 Å². The number of halogens is 3. The van der Waals surface area contributed by atoms with Gasteiger partial charge in [-0.25, -0.2) is 14.5 Å². The molecule has 3 rings (SSSR count). The Morgan fingerprint density at radius 2 is 2.00 bits per heavy atom. The van der Waals surface area contributed by atoms with Crippen LogP contribution in [0.25, 0.3) is 16.4 Å². The van der Waals surface area contributed by atoms with E-state index in [0.717, 1.165) is 22.8 Å². The van der Waals surface area contributed by atoms with Crippen LogP contribution in [0.5, 0.6) is 5.75 Å². The highest BCUT2D eigenvalue weighted by Crippen LogP contribution is 2.35. The molecule has 0 radical (unpaired) electrons. The number of carboxylic acids is 1. The van der Waals surface area contributed by atoms with Gasteiger partial charge in [0.2, 0.25) is 5.13 Å². The molecular formula is C14H8F3N3O3S. The predicted molar refractivity (Wildman–Crippen MR) is 78.3 cm³/mol. The highest BCUT2D eigenvalue weighted by atomic mass is 32.1. The third kappa shape index (κ3) is 2.95. The fourth-order valence-electron chi connectivity index (χ4n) is 1.99. The van der Waals surface area contributed by atoms with Gasteiger partial charge in [-0.3, -0.25) is 0 Å².